The van der Waals surface area contributed by atoms with Crippen LogP contribution in [0.1, 0.15) is 44.6 Å². The van der Waals surface area contributed by atoms with Crippen LogP contribution in [0.25, 0.3) is 0 Å². The van der Waals surface area contributed by atoms with Crippen molar-refractivity contribution < 1.29 is 4.79 Å². The van der Waals surface area contributed by atoms with Gasteiger partial charge < -0.3 is 9.88 Å². The van der Waals surface area contributed by atoms with Gasteiger partial charge in [0.25, 0.3) is 0 Å². The van der Waals surface area contributed by atoms with E-state index >= 15 is 0 Å². The Labute approximate surface area is 142 Å². The van der Waals surface area contributed by atoms with E-state index in [4.69, 9.17) is 0 Å². The minimum absolute atomic E-state index is 0.0302. The summed E-state index contributed by atoms with van der Waals surface area (Å²) in [6.07, 6.45) is 9.07. The van der Waals surface area contributed by atoms with E-state index in [0.29, 0.717) is 12.5 Å². The maximum atomic E-state index is 12.0. The SMILES string of the molecule is Cc1nccn1Cc1cn(C[C@H]2CCC[C@H]2NC(=O)C(C)C)nn1. The van der Waals surface area contributed by atoms with Gasteiger partial charge in [-0.15, -0.1) is 5.10 Å². The molecule has 0 unspecified atom stereocenters. The number of aryl methyl sites for hydroxylation is 1. The van der Waals surface area contributed by atoms with Gasteiger partial charge in [0.05, 0.1) is 12.7 Å². The Morgan fingerprint density at radius 2 is 2.25 bits per heavy atom. The Hall–Kier alpha value is -2.18. The maximum Gasteiger partial charge on any atom is 0.222 e. The molecule has 7 heteroatoms. The third kappa shape index (κ3) is 3.83. The topological polar surface area (TPSA) is 77.6 Å². The highest BCUT2D eigenvalue weighted by Crippen LogP contribution is 2.27. The molecule has 2 heterocycles. The first-order valence-electron chi connectivity index (χ1n) is 8.70. The van der Waals surface area contributed by atoms with Gasteiger partial charge in [0.2, 0.25) is 5.91 Å². The number of nitrogens with one attached hydrogen (secondary N) is 1. The zero-order chi connectivity index (χ0) is 17.1. The number of rotatable bonds is 6. The van der Waals surface area contributed by atoms with E-state index in [2.05, 4.69) is 25.2 Å². The highest BCUT2D eigenvalue weighted by molar-refractivity contribution is 5.78. The van der Waals surface area contributed by atoms with Gasteiger partial charge in [-0.2, -0.15) is 0 Å². The van der Waals surface area contributed by atoms with Crippen molar-refractivity contribution in [2.24, 2.45) is 11.8 Å². The first-order valence-corrected chi connectivity index (χ1v) is 8.70. The summed E-state index contributed by atoms with van der Waals surface area (Å²) in [5.41, 5.74) is 0.928. The fraction of sp³-hybridized carbons (Fsp3) is 0.647. The summed E-state index contributed by atoms with van der Waals surface area (Å²) in [4.78, 5) is 16.2. The lowest BCUT2D eigenvalue weighted by atomic mass is 10.0. The zero-order valence-corrected chi connectivity index (χ0v) is 14.6. The standard InChI is InChI=1S/C17H26N6O/c1-12(2)17(24)19-16-6-4-5-14(16)9-23-11-15(20-21-23)10-22-8-7-18-13(22)3/h7-8,11-12,14,16H,4-6,9-10H2,1-3H3,(H,19,24)/t14-,16-/m1/s1. The van der Waals surface area contributed by atoms with Crippen molar-refractivity contribution in [3.8, 4) is 0 Å². The van der Waals surface area contributed by atoms with Gasteiger partial charge in [0.1, 0.15) is 11.5 Å². The molecule has 7 nitrogen and oxygen atoms in total. The lowest BCUT2D eigenvalue weighted by molar-refractivity contribution is -0.125. The summed E-state index contributed by atoms with van der Waals surface area (Å²) in [7, 11) is 0. The molecule has 1 fully saturated rings. The van der Waals surface area contributed by atoms with Crippen molar-refractivity contribution in [1.82, 2.24) is 29.9 Å². The molecular formula is C17H26N6O. The average molecular weight is 330 g/mol. The third-order valence-electron chi connectivity index (χ3n) is 4.77. The Kier molecular flexibility index (Phi) is 4.97. The molecular weight excluding hydrogens is 304 g/mol. The van der Waals surface area contributed by atoms with Crippen molar-refractivity contribution in [1.29, 1.82) is 0 Å². The average Bonchev–Trinajstić information content (AvgIpc) is 3.25. The number of hydrogen-bond acceptors (Lipinski definition) is 4. The number of carbonyl (C=O) groups is 1. The van der Waals surface area contributed by atoms with Gasteiger partial charge in [-0.25, -0.2) is 4.98 Å². The Balaban J connectivity index is 1.59. The molecule has 0 aromatic carbocycles. The number of amides is 1. The van der Waals surface area contributed by atoms with Crippen LogP contribution in [0.15, 0.2) is 18.6 Å². The number of nitrogens with zero attached hydrogens (tertiary/aromatic N) is 5. The minimum atomic E-state index is 0.0302. The Morgan fingerprint density at radius 1 is 1.42 bits per heavy atom. The molecule has 130 valence electrons. The number of aromatic nitrogens is 5. The van der Waals surface area contributed by atoms with E-state index in [1.54, 1.807) is 6.20 Å². The third-order valence-corrected chi connectivity index (χ3v) is 4.77. The van der Waals surface area contributed by atoms with Crippen LogP contribution in [0.2, 0.25) is 0 Å². The van der Waals surface area contributed by atoms with Gasteiger partial charge in [0, 0.05) is 30.9 Å². The van der Waals surface area contributed by atoms with E-state index in [1.165, 1.54) is 0 Å². The second kappa shape index (κ2) is 7.15. The first kappa shape index (κ1) is 16.7. The molecule has 0 bridgehead atoms. The van der Waals surface area contributed by atoms with Crippen LogP contribution in [0.4, 0.5) is 0 Å². The smallest absolute Gasteiger partial charge is 0.222 e. The molecule has 1 saturated carbocycles. The molecule has 0 saturated heterocycles. The number of imidazole rings is 1. The summed E-state index contributed by atoms with van der Waals surface area (Å²) >= 11 is 0. The van der Waals surface area contributed by atoms with Crippen LogP contribution in [0, 0.1) is 18.8 Å². The van der Waals surface area contributed by atoms with E-state index in [-0.39, 0.29) is 17.9 Å². The van der Waals surface area contributed by atoms with Crippen molar-refractivity contribution in [3.05, 3.63) is 30.1 Å². The van der Waals surface area contributed by atoms with Gasteiger partial charge in [-0.3, -0.25) is 9.48 Å². The van der Waals surface area contributed by atoms with Crippen molar-refractivity contribution >= 4 is 5.91 Å². The van der Waals surface area contributed by atoms with Crippen LogP contribution in [-0.4, -0.2) is 36.5 Å². The fourth-order valence-electron chi connectivity index (χ4n) is 3.28. The molecule has 0 aliphatic heterocycles. The van der Waals surface area contributed by atoms with Crippen molar-refractivity contribution in [2.75, 3.05) is 0 Å². The van der Waals surface area contributed by atoms with Gasteiger partial charge in [0.15, 0.2) is 0 Å². The van der Waals surface area contributed by atoms with Crippen LogP contribution in [0.5, 0.6) is 0 Å². The molecule has 1 N–H and O–H groups in total. The molecule has 1 aliphatic carbocycles. The summed E-state index contributed by atoms with van der Waals surface area (Å²) in [6, 6.07) is 0.253. The normalized spacial score (nSPS) is 20.7. The highest BCUT2D eigenvalue weighted by atomic mass is 16.1. The largest absolute Gasteiger partial charge is 0.353 e. The summed E-state index contributed by atoms with van der Waals surface area (Å²) in [5.74, 6) is 1.57. The van der Waals surface area contributed by atoms with Crippen LogP contribution < -0.4 is 5.32 Å². The fourth-order valence-corrected chi connectivity index (χ4v) is 3.28. The van der Waals surface area contributed by atoms with Gasteiger partial charge in [-0.1, -0.05) is 25.5 Å². The second-order valence-corrected chi connectivity index (χ2v) is 7.00. The predicted octanol–water partition coefficient (Wildman–Crippen LogP) is 1.77. The molecule has 2 aromatic heterocycles. The van der Waals surface area contributed by atoms with E-state index in [9.17, 15) is 4.79 Å². The van der Waals surface area contributed by atoms with Crippen molar-refractivity contribution in [2.45, 2.75) is 59.2 Å². The Morgan fingerprint density at radius 3 is 2.96 bits per heavy atom. The highest BCUT2D eigenvalue weighted by Gasteiger charge is 2.29. The molecule has 2 atom stereocenters. The van der Waals surface area contributed by atoms with Crippen LogP contribution >= 0.6 is 0 Å². The molecule has 1 aliphatic rings. The molecule has 24 heavy (non-hydrogen) atoms. The van der Waals surface area contributed by atoms with Crippen LogP contribution in [-0.2, 0) is 17.9 Å². The molecule has 0 spiro atoms. The van der Waals surface area contributed by atoms with Gasteiger partial charge >= 0.3 is 0 Å². The van der Waals surface area contributed by atoms with E-state index in [0.717, 1.165) is 37.3 Å². The zero-order valence-electron chi connectivity index (χ0n) is 14.6. The summed E-state index contributed by atoms with van der Waals surface area (Å²) in [6.45, 7) is 7.33. The molecule has 0 radical (unpaired) electrons. The quantitative estimate of drug-likeness (QED) is 0.876. The summed E-state index contributed by atoms with van der Waals surface area (Å²) in [5, 5.41) is 11.7. The monoisotopic (exact) mass is 330 g/mol. The molecule has 2 aromatic rings. The minimum Gasteiger partial charge on any atom is -0.353 e. The predicted molar refractivity (Wildman–Crippen MR) is 90.2 cm³/mol. The lowest BCUT2D eigenvalue weighted by Crippen LogP contribution is -2.40. The Bertz CT molecular complexity index is 689. The van der Waals surface area contributed by atoms with Crippen molar-refractivity contribution in [3.63, 3.8) is 0 Å². The second-order valence-electron chi connectivity index (χ2n) is 7.00. The van der Waals surface area contributed by atoms with Gasteiger partial charge in [-0.05, 0) is 25.7 Å². The number of carbonyl (C=O) groups excluding carboxylic acids is 1. The van der Waals surface area contributed by atoms with Crippen LogP contribution in [0.3, 0.4) is 0 Å². The van der Waals surface area contributed by atoms with E-state index < -0.39 is 0 Å². The lowest BCUT2D eigenvalue weighted by Gasteiger charge is -2.21. The first-order chi connectivity index (χ1) is 11.5. The number of hydrogen-bond donors (Lipinski definition) is 1. The molecule has 1 amide bonds. The van der Waals surface area contributed by atoms with E-state index in [1.807, 2.05) is 37.8 Å². The summed E-state index contributed by atoms with van der Waals surface area (Å²) < 4.78 is 3.96. The molecule has 3 rings (SSSR count). The maximum absolute atomic E-state index is 12.0.